The first-order chi connectivity index (χ1) is 27.5. The summed E-state index contributed by atoms with van der Waals surface area (Å²) in [5.41, 5.74) is 12.1. The summed E-state index contributed by atoms with van der Waals surface area (Å²) in [5, 5.41) is 3.84. The molecular weight excluding hydrogens is 870 g/mol. The van der Waals surface area contributed by atoms with Gasteiger partial charge in [0.25, 0.3) is 0 Å². The van der Waals surface area contributed by atoms with Gasteiger partial charge in [0.1, 0.15) is 23.0 Å². The van der Waals surface area contributed by atoms with Crippen molar-refractivity contribution in [3.63, 3.8) is 0 Å². The second-order valence-corrected chi connectivity index (χ2v) is 13.6. The van der Waals surface area contributed by atoms with Crippen LogP contribution in [0.15, 0.2) is 146 Å². The molecule has 1 aliphatic heterocycles. The Bertz CT molecular complexity index is 2560. The van der Waals surface area contributed by atoms with Crippen molar-refractivity contribution in [2.24, 2.45) is 0 Å². The van der Waals surface area contributed by atoms with Crippen LogP contribution in [0.3, 0.4) is 0 Å². The first-order valence-electron chi connectivity index (χ1n) is 18.4. The molecule has 0 unspecified atom stereocenters. The maximum atomic E-state index is 5.54. The SMILES string of the molecule is COc1ccc(C2=c3ccc([nH]3)=C(c3ccc(OC)cc3)c3ccc([nH]3)C(c3ccc(OC)cc3)=c3ccc([nH]3)=C(c3ccc(OC)cc3)c3ccc2[nH]3)cc1.O.O.O.O.[Al+3].[Al+3].[Fe+3]. The molecule has 15 heteroatoms. The molecule has 8 aromatic rings. The number of hydrogen-bond donors (Lipinski definition) is 4. The zero-order chi connectivity index (χ0) is 38.2. The summed E-state index contributed by atoms with van der Waals surface area (Å²) in [7, 11) is 6.75. The van der Waals surface area contributed by atoms with Gasteiger partial charge < -0.3 is 60.8 Å². The fraction of sp³-hybridized carbons (Fsp3) is 0.0833. The van der Waals surface area contributed by atoms with Crippen LogP contribution in [0.2, 0.25) is 0 Å². The van der Waals surface area contributed by atoms with Crippen molar-refractivity contribution < 1.29 is 57.9 Å². The maximum absolute atomic E-state index is 5.54. The zero-order valence-electron chi connectivity index (χ0n) is 35.0. The third-order valence-electron chi connectivity index (χ3n) is 10.4. The van der Waals surface area contributed by atoms with Gasteiger partial charge in [-0.2, -0.15) is 0 Å². The molecule has 0 spiro atoms. The van der Waals surface area contributed by atoms with Gasteiger partial charge in [0.2, 0.25) is 0 Å². The predicted molar refractivity (Wildman–Crippen MR) is 246 cm³/mol. The molecule has 0 saturated carbocycles. The van der Waals surface area contributed by atoms with Gasteiger partial charge in [-0.1, -0.05) is 48.5 Å². The van der Waals surface area contributed by atoms with Crippen molar-refractivity contribution in [2.45, 2.75) is 0 Å². The molecule has 12 N–H and O–H groups in total. The molecule has 313 valence electrons. The van der Waals surface area contributed by atoms with Crippen LogP contribution in [0.4, 0.5) is 0 Å². The third kappa shape index (κ3) is 10.3. The molecule has 1 radical (unpaired) electrons. The third-order valence-corrected chi connectivity index (χ3v) is 10.4. The molecule has 0 atom stereocenters. The summed E-state index contributed by atoms with van der Waals surface area (Å²) in [6, 6.07) is 50.0. The smallest absolute Gasteiger partial charge is 0.497 e. The molecule has 9 rings (SSSR count). The van der Waals surface area contributed by atoms with Crippen molar-refractivity contribution in [2.75, 3.05) is 28.4 Å². The topological polar surface area (TPSA) is 226 Å². The fourth-order valence-electron chi connectivity index (χ4n) is 7.60. The molecule has 12 nitrogen and oxygen atoms in total. The molecule has 5 heterocycles. The second-order valence-electron chi connectivity index (χ2n) is 13.6. The first-order valence-corrected chi connectivity index (χ1v) is 18.4. The minimum atomic E-state index is 0. The molecule has 0 amide bonds. The Hall–Kier alpha value is -5.90. The Morgan fingerprint density at radius 2 is 0.460 bits per heavy atom. The van der Waals surface area contributed by atoms with Crippen LogP contribution >= 0.6 is 0 Å². The number of ether oxygens (including phenoxy) is 4. The van der Waals surface area contributed by atoms with Crippen LogP contribution in [0, 0.1) is 0 Å². The van der Waals surface area contributed by atoms with Crippen LogP contribution in [0.5, 0.6) is 23.0 Å². The van der Waals surface area contributed by atoms with Gasteiger partial charge in [0.05, 0.1) is 28.4 Å². The molecule has 8 bridgehead atoms. The van der Waals surface area contributed by atoms with E-state index >= 15 is 0 Å². The standard InChI is InChI=1S/C48H40N4O4.2Al.Fe.4H2O/c1-53-33-13-5-29(6-14-33)45-37-21-23-39(49-37)46(30-7-15-34(54-2)16-8-30)41-25-27-43(51-41)48(32-11-19-36(56-4)20-12-32)44-28-26-42(52-44)47(40-24-22-38(45)50-40)31-9-17-35(55-3)18-10-31;;;;;;;/h5-28,49-52H,1-4H3;;;;4*1H2/q;3*+3;;;;. The van der Waals surface area contributed by atoms with Gasteiger partial charge in [-0.3, -0.25) is 0 Å². The summed E-state index contributed by atoms with van der Waals surface area (Å²) in [6.45, 7) is 0. The van der Waals surface area contributed by atoms with E-state index in [-0.39, 0.29) is 73.7 Å². The van der Waals surface area contributed by atoms with Gasteiger partial charge >= 0.3 is 51.8 Å². The quantitative estimate of drug-likeness (QED) is 0.168. The molecule has 4 aromatic heterocycles. The summed E-state index contributed by atoms with van der Waals surface area (Å²) in [6.07, 6.45) is 0. The number of H-pyrrole nitrogens is 4. The Labute approximate surface area is 396 Å². The molecule has 63 heavy (non-hydrogen) atoms. The second kappa shape index (κ2) is 23.0. The van der Waals surface area contributed by atoms with Crippen LogP contribution < -0.4 is 40.3 Å². The minimum Gasteiger partial charge on any atom is -0.497 e. The van der Waals surface area contributed by atoms with Gasteiger partial charge in [-0.05, 0) is 119 Å². The van der Waals surface area contributed by atoms with E-state index in [0.29, 0.717) is 0 Å². The number of rotatable bonds is 8. The monoisotopic (exact) mass is 918 g/mol. The summed E-state index contributed by atoms with van der Waals surface area (Å²) < 4.78 is 22.2. The number of hydrogen-bond acceptors (Lipinski definition) is 4. The van der Waals surface area contributed by atoms with Crippen LogP contribution in [0.25, 0.3) is 22.3 Å². The van der Waals surface area contributed by atoms with Gasteiger partial charge in [-0.25, -0.2) is 0 Å². The average Bonchev–Trinajstić information content (AvgIpc) is 4.10. The molecule has 0 aliphatic carbocycles. The molecule has 4 aromatic carbocycles. The van der Waals surface area contributed by atoms with Gasteiger partial charge in [-0.15, -0.1) is 0 Å². The molecular formula is C48H48Al2FeN4O8+9. The summed E-state index contributed by atoms with van der Waals surface area (Å²) in [5.74, 6) is 3.18. The van der Waals surface area contributed by atoms with Gasteiger partial charge in [0.15, 0.2) is 0 Å². The van der Waals surface area contributed by atoms with Crippen LogP contribution in [-0.2, 0) is 17.1 Å². The van der Waals surface area contributed by atoms with E-state index < -0.39 is 0 Å². The van der Waals surface area contributed by atoms with Crippen molar-refractivity contribution in [1.29, 1.82) is 0 Å². The minimum absolute atomic E-state index is 0. The number of aromatic nitrogens is 4. The van der Waals surface area contributed by atoms with Crippen LogP contribution in [0.1, 0.15) is 45.0 Å². The van der Waals surface area contributed by atoms with Crippen molar-refractivity contribution in [3.05, 3.63) is 212 Å². The molecule has 0 fully saturated rings. The van der Waals surface area contributed by atoms with Crippen LogP contribution in [-0.4, -0.2) is 105 Å². The first kappa shape index (κ1) is 53.2. The molecule has 0 saturated heterocycles. The van der Waals surface area contributed by atoms with E-state index in [1.54, 1.807) is 28.4 Å². The largest absolute Gasteiger partial charge is 3.00 e. The fourth-order valence-corrected chi connectivity index (χ4v) is 7.60. The van der Waals surface area contributed by atoms with E-state index in [0.717, 1.165) is 112 Å². The van der Waals surface area contributed by atoms with E-state index in [4.69, 9.17) is 18.9 Å². The molecule has 1 aliphatic rings. The maximum Gasteiger partial charge on any atom is 3.00 e. The Balaban J connectivity index is 0.00000195. The summed E-state index contributed by atoms with van der Waals surface area (Å²) >= 11 is 0. The van der Waals surface area contributed by atoms with Crippen molar-refractivity contribution >= 4 is 57.0 Å². The number of methoxy groups -OCH3 is 4. The predicted octanol–water partition coefficient (Wildman–Crippen LogP) is 2.27. The number of aromatic amines is 4. The Morgan fingerprint density at radius 3 is 0.635 bits per heavy atom. The van der Waals surface area contributed by atoms with Gasteiger partial charge in [0, 0.05) is 66.5 Å². The zero-order valence-corrected chi connectivity index (χ0v) is 38.4. The van der Waals surface area contributed by atoms with Crippen molar-refractivity contribution in [1.82, 2.24) is 19.9 Å². The number of nitrogens with one attached hydrogen (secondary N) is 4. The number of benzene rings is 4. The number of fused-ring (bicyclic) bond motifs is 8. The van der Waals surface area contributed by atoms with E-state index in [1.165, 1.54) is 0 Å². The Kier molecular flexibility index (Phi) is 19.4. The Morgan fingerprint density at radius 1 is 0.270 bits per heavy atom. The van der Waals surface area contributed by atoms with E-state index in [2.05, 4.69) is 117 Å². The van der Waals surface area contributed by atoms with E-state index in [9.17, 15) is 0 Å². The normalized spacial score (nSPS) is 11.1. The average molecular weight is 919 g/mol. The van der Waals surface area contributed by atoms with Crippen molar-refractivity contribution in [3.8, 4) is 23.0 Å². The van der Waals surface area contributed by atoms with E-state index in [1.807, 2.05) is 48.5 Å². The summed E-state index contributed by atoms with van der Waals surface area (Å²) in [4.78, 5) is 15.3.